The Morgan fingerprint density at radius 3 is 2.11 bits per heavy atom. The van der Waals surface area contributed by atoms with Crippen molar-refractivity contribution < 1.29 is 9.94 Å². The highest BCUT2D eigenvalue weighted by Gasteiger charge is 2.45. The van der Waals surface area contributed by atoms with Crippen molar-refractivity contribution in [3.63, 3.8) is 0 Å². The van der Waals surface area contributed by atoms with Gasteiger partial charge in [-0.15, -0.1) is 24.8 Å². The summed E-state index contributed by atoms with van der Waals surface area (Å²) in [6.45, 7) is 12.8. The number of nitrogens with zero attached hydrogens (tertiary/aromatic N) is 2. The Balaban J connectivity index is 0.00000162. The average Bonchev–Trinajstić information content (AvgIpc) is 2.41. The van der Waals surface area contributed by atoms with Gasteiger partial charge in [0, 0.05) is 19.6 Å². The van der Waals surface area contributed by atoms with Gasteiger partial charge in [-0.2, -0.15) is 5.06 Å². The van der Waals surface area contributed by atoms with E-state index in [0.29, 0.717) is 0 Å². The van der Waals surface area contributed by atoms with Crippen molar-refractivity contribution in [2.24, 2.45) is 0 Å². The molecule has 1 saturated heterocycles. The number of halogens is 2. The molecule has 2 aliphatic heterocycles. The Morgan fingerprint density at radius 2 is 1.68 bits per heavy atom. The second-order valence-corrected chi connectivity index (χ2v) is 6.08. The lowest BCUT2D eigenvalue weighted by Crippen LogP contribution is -2.49. The maximum atomic E-state index is 10.2. The Bertz CT molecular complexity index is 327. The Kier molecular flexibility index (Phi) is 6.80. The predicted octanol–water partition coefficient (Wildman–Crippen LogP) is 2.35. The predicted molar refractivity (Wildman–Crippen MR) is 81.6 cm³/mol. The SMILES string of the molecule is CC1(C)C=C(CN2CCOCC2)C(C)(C)N1O.Cl.Cl. The summed E-state index contributed by atoms with van der Waals surface area (Å²) in [7, 11) is 0. The number of morpholine rings is 1. The van der Waals surface area contributed by atoms with E-state index in [9.17, 15) is 5.21 Å². The summed E-state index contributed by atoms with van der Waals surface area (Å²) in [5, 5.41) is 11.7. The summed E-state index contributed by atoms with van der Waals surface area (Å²) in [6, 6.07) is 0. The van der Waals surface area contributed by atoms with Crippen molar-refractivity contribution in [2.75, 3.05) is 32.8 Å². The fraction of sp³-hybridized carbons (Fsp3) is 0.846. The molecule has 0 radical (unpaired) electrons. The molecule has 2 heterocycles. The molecule has 2 aliphatic rings. The first kappa shape index (κ1) is 19.2. The summed E-state index contributed by atoms with van der Waals surface area (Å²) >= 11 is 0. The fourth-order valence-electron chi connectivity index (χ4n) is 2.76. The van der Waals surface area contributed by atoms with Gasteiger partial charge in [0.15, 0.2) is 0 Å². The maximum absolute atomic E-state index is 10.2. The van der Waals surface area contributed by atoms with Crippen molar-refractivity contribution in [1.29, 1.82) is 0 Å². The van der Waals surface area contributed by atoms with Gasteiger partial charge in [-0.05, 0) is 33.3 Å². The smallest absolute Gasteiger partial charge is 0.0635 e. The number of hydrogen-bond acceptors (Lipinski definition) is 4. The van der Waals surface area contributed by atoms with Gasteiger partial charge in [0.1, 0.15) is 0 Å². The van der Waals surface area contributed by atoms with Gasteiger partial charge in [0.2, 0.25) is 0 Å². The Labute approximate surface area is 128 Å². The molecule has 2 rings (SSSR count). The van der Waals surface area contributed by atoms with Crippen LogP contribution in [-0.4, -0.2) is 59.1 Å². The first-order valence-electron chi connectivity index (χ1n) is 6.35. The molecular formula is C13H26Cl2N2O2. The zero-order chi connectivity index (χ0) is 12.7. The first-order chi connectivity index (χ1) is 7.84. The molecule has 114 valence electrons. The van der Waals surface area contributed by atoms with Crippen LogP contribution >= 0.6 is 24.8 Å². The van der Waals surface area contributed by atoms with Crippen LogP contribution < -0.4 is 0 Å². The second kappa shape index (κ2) is 6.74. The lowest BCUT2D eigenvalue weighted by molar-refractivity contribution is -0.185. The summed E-state index contributed by atoms with van der Waals surface area (Å²) < 4.78 is 5.36. The third-order valence-electron chi connectivity index (χ3n) is 3.89. The van der Waals surface area contributed by atoms with E-state index in [1.54, 1.807) is 0 Å². The molecule has 1 fully saturated rings. The molecule has 0 bridgehead atoms. The van der Waals surface area contributed by atoms with Crippen LogP contribution in [0.4, 0.5) is 0 Å². The standard InChI is InChI=1S/C13H24N2O2.2ClH/c1-12(2)9-11(13(3,4)15(12)16)10-14-5-7-17-8-6-14;;/h9,16H,5-8,10H2,1-4H3;2*1H. The van der Waals surface area contributed by atoms with Gasteiger partial charge >= 0.3 is 0 Å². The minimum atomic E-state index is -0.276. The molecule has 0 unspecified atom stereocenters. The van der Waals surface area contributed by atoms with E-state index in [0.717, 1.165) is 32.8 Å². The zero-order valence-electron chi connectivity index (χ0n) is 12.2. The third-order valence-corrected chi connectivity index (χ3v) is 3.89. The van der Waals surface area contributed by atoms with Crippen LogP contribution in [0, 0.1) is 0 Å². The van der Waals surface area contributed by atoms with Crippen LogP contribution in [0.5, 0.6) is 0 Å². The van der Waals surface area contributed by atoms with Gasteiger partial charge in [-0.3, -0.25) is 4.90 Å². The summed E-state index contributed by atoms with van der Waals surface area (Å²) in [6.07, 6.45) is 2.20. The molecule has 1 N–H and O–H groups in total. The van der Waals surface area contributed by atoms with E-state index in [4.69, 9.17) is 4.74 Å². The highest BCUT2D eigenvalue weighted by Crippen LogP contribution is 2.38. The van der Waals surface area contributed by atoms with Crippen molar-refractivity contribution >= 4 is 24.8 Å². The van der Waals surface area contributed by atoms with E-state index in [1.807, 2.05) is 13.8 Å². The molecule has 6 heteroatoms. The molecule has 0 aliphatic carbocycles. The summed E-state index contributed by atoms with van der Waals surface area (Å²) in [4.78, 5) is 2.40. The second-order valence-electron chi connectivity index (χ2n) is 6.08. The van der Waals surface area contributed by atoms with Crippen molar-refractivity contribution in [3.05, 3.63) is 11.6 Å². The van der Waals surface area contributed by atoms with Crippen molar-refractivity contribution in [2.45, 2.75) is 38.8 Å². The molecule has 19 heavy (non-hydrogen) atoms. The number of hydroxylamine groups is 2. The summed E-state index contributed by atoms with van der Waals surface area (Å²) in [5.74, 6) is 0. The molecule has 0 atom stereocenters. The largest absolute Gasteiger partial charge is 0.379 e. The van der Waals surface area contributed by atoms with Gasteiger partial charge in [-0.1, -0.05) is 6.08 Å². The van der Waals surface area contributed by atoms with Crippen LogP contribution in [0.3, 0.4) is 0 Å². The minimum Gasteiger partial charge on any atom is -0.379 e. The Hall–Kier alpha value is 0.160. The topological polar surface area (TPSA) is 35.9 Å². The highest BCUT2D eigenvalue weighted by molar-refractivity contribution is 5.85. The van der Waals surface area contributed by atoms with Crippen molar-refractivity contribution in [1.82, 2.24) is 9.96 Å². The fourth-order valence-corrected chi connectivity index (χ4v) is 2.76. The average molecular weight is 313 g/mol. The van der Waals surface area contributed by atoms with E-state index in [-0.39, 0.29) is 35.9 Å². The van der Waals surface area contributed by atoms with E-state index < -0.39 is 0 Å². The van der Waals surface area contributed by atoms with Gasteiger partial charge in [-0.25, -0.2) is 0 Å². The minimum absolute atomic E-state index is 0. The van der Waals surface area contributed by atoms with Crippen molar-refractivity contribution in [3.8, 4) is 0 Å². The number of hydrogen-bond donors (Lipinski definition) is 1. The lowest BCUT2D eigenvalue weighted by atomic mass is 9.96. The molecule has 0 aromatic rings. The van der Waals surface area contributed by atoms with Gasteiger partial charge < -0.3 is 9.94 Å². The molecular weight excluding hydrogens is 287 g/mol. The monoisotopic (exact) mass is 312 g/mol. The van der Waals surface area contributed by atoms with Crippen LogP contribution in [0.25, 0.3) is 0 Å². The molecule has 0 amide bonds. The lowest BCUT2D eigenvalue weighted by Gasteiger charge is -2.37. The molecule has 0 saturated carbocycles. The van der Waals surface area contributed by atoms with E-state index in [1.165, 1.54) is 10.6 Å². The summed E-state index contributed by atoms with van der Waals surface area (Å²) in [5.41, 5.74) is 0.749. The first-order valence-corrected chi connectivity index (χ1v) is 6.35. The molecule has 0 spiro atoms. The molecule has 0 aromatic carbocycles. The number of ether oxygens (including phenoxy) is 1. The molecule has 0 aromatic heterocycles. The van der Waals surface area contributed by atoms with Crippen LogP contribution in [0.15, 0.2) is 11.6 Å². The maximum Gasteiger partial charge on any atom is 0.0635 e. The van der Waals surface area contributed by atoms with E-state index in [2.05, 4.69) is 24.8 Å². The van der Waals surface area contributed by atoms with Crippen LogP contribution in [0.1, 0.15) is 27.7 Å². The van der Waals surface area contributed by atoms with Gasteiger partial charge in [0.25, 0.3) is 0 Å². The Morgan fingerprint density at radius 1 is 1.16 bits per heavy atom. The van der Waals surface area contributed by atoms with Crippen LogP contribution in [0.2, 0.25) is 0 Å². The normalized spacial score (nSPS) is 26.3. The van der Waals surface area contributed by atoms with Crippen LogP contribution in [-0.2, 0) is 4.74 Å². The highest BCUT2D eigenvalue weighted by atomic mass is 35.5. The third kappa shape index (κ3) is 3.84. The quantitative estimate of drug-likeness (QED) is 0.794. The molecule has 4 nitrogen and oxygen atoms in total. The van der Waals surface area contributed by atoms with E-state index >= 15 is 0 Å². The van der Waals surface area contributed by atoms with Gasteiger partial charge in [0.05, 0.1) is 24.3 Å². The zero-order valence-corrected chi connectivity index (χ0v) is 13.8. The number of rotatable bonds is 2.